The van der Waals surface area contributed by atoms with E-state index in [4.69, 9.17) is 15.2 Å². The maximum atomic E-state index is 11.5. The topological polar surface area (TPSA) is 98.8 Å². The highest BCUT2D eigenvalue weighted by molar-refractivity contribution is 6.35. The van der Waals surface area contributed by atoms with Crippen LogP contribution in [0.25, 0.3) is 0 Å². The van der Waals surface area contributed by atoms with Crippen LogP contribution in [-0.4, -0.2) is 46.8 Å². The van der Waals surface area contributed by atoms with E-state index in [9.17, 15) is 4.79 Å². The van der Waals surface area contributed by atoms with Gasteiger partial charge in [0.1, 0.15) is 6.21 Å². The Labute approximate surface area is 163 Å². The van der Waals surface area contributed by atoms with Crippen LogP contribution in [0.15, 0.2) is 47.8 Å². The van der Waals surface area contributed by atoms with Gasteiger partial charge in [-0.2, -0.15) is 5.26 Å². The quantitative estimate of drug-likeness (QED) is 0.344. The van der Waals surface area contributed by atoms with Crippen LogP contribution in [0.4, 0.5) is 0 Å². The van der Waals surface area contributed by atoms with Gasteiger partial charge in [-0.3, -0.25) is 9.69 Å². The van der Waals surface area contributed by atoms with Gasteiger partial charge in [0, 0.05) is 24.4 Å². The van der Waals surface area contributed by atoms with Gasteiger partial charge in [-0.1, -0.05) is 17.3 Å². The average Bonchev–Trinajstić information content (AvgIpc) is 2.74. The van der Waals surface area contributed by atoms with Crippen molar-refractivity contribution in [3.63, 3.8) is 0 Å². The molecule has 0 atom stereocenters. The van der Waals surface area contributed by atoms with Crippen LogP contribution in [-0.2, 0) is 6.54 Å². The SMILES string of the molecule is N#Cc1ccc(CN2CCC(COc3ccc(C(=O)/C=N/O)cn3)CC2)cc1. The van der Waals surface area contributed by atoms with Gasteiger partial charge in [0.25, 0.3) is 0 Å². The van der Waals surface area contributed by atoms with Gasteiger partial charge in [0.05, 0.1) is 18.2 Å². The third kappa shape index (κ3) is 5.38. The summed E-state index contributed by atoms with van der Waals surface area (Å²) in [5, 5.41) is 20.0. The fourth-order valence-electron chi connectivity index (χ4n) is 3.20. The first-order chi connectivity index (χ1) is 13.7. The van der Waals surface area contributed by atoms with Gasteiger partial charge < -0.3 is 9.94 Å². The molecule has 0 amide bonds. The van der Waals surface area contributed by atoms with Crippen molar-refractivity contribution in [2.75, 3.05) is 19.7 Å². The number of Topliss-reactive ketones (excluding diaryl/α,β-unsaturated/α-hetero) is 1. The van der Waals surface area contributed by atoms with E-state index in [0.717, 1.165) is 38.7 Å². The third-order valence-electron chi connectivity index (χ3n) is 4.86. The number of aromatic nitrogens is 1. The lowest BCUT2D eigenvalue weighted by Gasteiger charge is -2.31. The molecule has 1 aliphatic heterocycles. The molecule has 1 fully saturated rings. The molecule has 2 heterocycles. The van der Waals surface area contributed by atoms with Crippen LogP contribution >= 0.6 is 0 Å². The fraction of sp³-hybridized carbons (Fsp3) is 0.333. The summed E-state index contributed by atoms with van der Waals surface area (Å²) in [6.07, 6.45) is 4.36. The van der Waals surface area contributed by atoms with Crippen LogP contribution in [0.2, 0.25) is 0 Å². The minimum Gasteiger partial charge on any atom is -0.477 e. The predicted molar refractivity (Wildman–Crippen MR) is 103 cm³/mol. The number of pyridine rings is 1. The zero-order valence-corrected chi connectivity index (χ0v) is 15.5. The minimum absolute atomic E-state index is 0.348. The van der Waals surface area contributed by atoms with Crippen molar-refractivity contribution in [2.45, 2.75) is 19.4 Å². The molecule has 0 unspecified atom stereocenters. The molecule has 1 aliphatic rings. The first-order valence-electron chi connectivity index (χ1n) is 9.20. The number of ether oxygens (including phenoxy) is 1. The molecule has 1 saturated heterocycles. The fourth-order valence-corrected chi connectivity index (χ4v) is 3.20. The largest absolute Gasteiger partial charge is 0.477 e. The Morgan fingerprint density at radius 2 is 2.04 bits per heavy atom. The van der Waals surface area contributed by atoms with Crippen molar-refractivity contribution in [1.29, 1.82) is 5.26 Å². The summed E-state index contributed by atoms with van der Waals surface area (Å²) >= 11 is 0. The highest BCUT2D eigenvalue weighted by atomic mass is 16.5. The van der Waals surface area contributed by atoms with Crippen molar-refractivity contribution in [3.05, 3.63) is 59.3 Å². The lowest BCUT2D eigenvalue weighted by Crippen LogP contribution is -2.35. The van der Waals surface area contributed by atoms with Crippen LogP contribution < -0.4 is 4.74 Å². The van der Waals surface area contributed by atoms with E-state index in [1.165, 1.54) is 11.8 Å². The molecule has 3 rings (SSSR count). The smallest absolute Gasteiger partial charge is 0.213 e. The number of carbonyl (C=O) groups is 1. The molecule has 1 aromatic carbocycles. The van der Waals surface area contributed by atoms with E-state index in [0.29, 0.717) is 29.5 Å². The van der Waals surface area contributed by atoms with Gasteiger partial charge in [-0.05, 0) is 55.6 Å². The summed E-state index contributed by atoms with van der Waals surface area (Å²) in [4.78, 5) is 18.1. The lowest BCUT2D eigenvalue weighted by molar-refractivity contribution is 0.106. The number of carbonyl (C=O) groups excluding carboxylic acids is 1. The molecule has 0 aliphatic carbocycles. The second-order valence-corrected chi connectivity index (χ2v) is 6.83. The zero-order valence-electron chi connectivity index (χ0n) is 15.5. The predicted octanol–water partition coefficient (Wildman–Crippen LogP) is 2.89. The minimum atomic E-state index is -0.406. The van der Waals surface area contributed by atoms with Crippen molar-refractivity contribution in [3.8, 4) is 11.9 Å². The monoisotopic (exact) mass is 378 g/mol. The normalized spacial score (nSPS) is 15.4. The molecule has 0 radical (unpaired) electrons. The number of nitrogens with zero attached hydrogens (tertiary/aromatic N) is 4. The summed E-state index contributed by atoms with van der Waals surface area (Å²) in [6, 6.07) is 13.1. The maximum absolute atomic E-state index is 11.5. The second kappa shape index (κ2) is 9.62. The summed E-state index contributed by atoms with van der Waals surface area (Å²) < 4.78 is 5.76. The standard InChI is InChI=1S/C21H22N4O3/c22-11-16-1-3-17(4-2-16)14-25-9-7-18(8-10-25)15-28-21-6-5-19(12-23-21)20(26)13-24-27/h1-6,12-13,18,27H,7-10,14-15H2/b24-13+. The van der Waals surface area contributed by atoms with Crippen LogP contribution in [0.3, 0.4) is 0 Å². The van der Waals surface area contributed by atoms with Gasteiger partial charge in [0.2, 0.25) is 11.7 Å². The van der Waals surface area contributed by atoms with E-state index >= 15 is 0 Å². The lowest BCUT2D eigenvalue weighted by atomic mass is 9.97. The van der Waals surface area contributed by atoms with Crippen molar-refractivity contribution in [2.24, 2.45) is 11.1 Å². The number of benzene rings is 1. The van der Waals surface area contributed by atoms with Crippen molar-refractivity contribution in [1.82, 2.24) is 9.88 Å². The van der Waals surface area contributed by atoms with E-state index in [1.807, 2.05) is 24.3 Å². The highest BCUT2D eigenvalue weighted by Crippen LogP contribution is 2.20. The molecule has 0 bridgehead atoms. The molecule has 28 heavy (non-hydrogen) atoms. The van der Waals surface area contributed by atoms with E-state index < -0.39 is 5.78 Å². The van der Waals surface area contributed by atoms with Gasteiger partial charge in [-0.15, -0.1) is 0 Å². The Morgan fingerprint density at radius 1 is 1.29 bits per heavy atom. The van der Waals surface area contributed by atoms with Crippen LogP contribution in [0, 0.1) is 17.2 Å². The van der Waals surface area contributed by atoms with Crippen molar-refractivity contribution < 1.29 is 14.7 Å². The Balaban J connectivity index is 1.41. The number of rotatable bonds is 7. The summed E-state index contributed by atoms with van der Waals surface area (Å²) in [7, 11) is 0. The number of hydrogen-bond donors (Lipinski definition) is 1. The highest BCUT2D eigenvalue weighted by Gasteiger charge is 2.20. The molecule has 7 nitrogen and oxygen atoms in total. The Bertz CT molecular complexity index is 849. The maximum Gasteiger partial charge on any atom is 0.213 e. The van der Waals surface area contributed by atoms with Crippen LogP contribution in [0.5, 0.6) is 5.88 Å². The number of oxime groups is 1. The molecule has 7 heteroatoms. The molecular weight excluding hydrogens is 356 g/mol. The first-order valence-corrected chi connectivity index (χ1v) is 9.20. The average molecular weight is 378 g/mol. The van der Waals surface area contributed by atoms with E-state index in [1.54, 1.807) is 12.1 Å². The molecule has 1 aromatic heterocycles. The molecule has 1 N–H and O–H groups in total. The Morgan fingerprint density at radius 3 is 2.64 bits per heavy atom. The molecule has 2 aromatic rings. The molecule has 0 spiro atoms. The van der Waals surface area contributed by atoms with Gasteiger partial charge in [-0.25, -0.2) is 4.98 Å². The Kier molecular flexibility index (Phi) is 6.71. The summed E-state index contributed by atoms with van der Waals surface area (Å²) in [5.74, 6) is 0.551. The summed E-state index contributed by atoms with van der Waals surface area (Å²) in [6.45, 7) is 3.52. The zero-order chi connectivity index (χ0) is 19.8. The number of hydrogen-bond acceptors (Lipinski definition) is 7. The number of likely N-dealkylation sites (tertiary alicyclic amines) is 1. The third-order valence-corrected chi connectivity index (χ3v) is 4.86. The Hall–Kier alpha value is -3.24. The molecular formula is C21H22N4O3. The first kappa shape index (κ1) is 19.5. The number of ketones is 1. The van der Waals surface area contributed by atoms with Gasteiger partial charge >= 0.3 is 0 Å². The van der Waals surface area contributed by atoms with E-state index in [2.05, 4.69) is 21.1 Å². The number of nitriles is 1. The second-order valence-electron chi connectivity index (χ2n) is 6.83. The molecule has 144 valence electrons. The van der Waals surface area contributed by atoms with Crippen LogP contribution in [0.1, 0.15) is 34.3 Å². The summed E-state index contributed by atoms with van der Waals surface area (Å²) in [5.41, 5.74) is 2.26. The molecule has 0 saturated carbocycles. The van der Waals surface area contributed by atoms with Gasteiger partial charge in [0.15, 0.2) is 0 Å². The van der Waals surface area contributed by atoms with E-state index in [-0.39, 0.29) is 0 Å². The number of piperidine rings is 1. The van der Waals surface area contributed by atoms with Crippen molar-refractivity contribution >= 4 is 12.0 Å².